The molecule has 0 aromatic heterocycles. The summed E-state index contributed by atoms with van der Waals surface area (Å²) in [5, 5.41) is 8.86. The summed E-state index contributed by atoms with van der Waals surface area (Å²) in [6, 6.07) is 0. The highest BCUT2D eigenvalue weighted by molar-refractivity contribution is 5.81. The Balaban J connectivity index is 0. The third kappa shape index (κ3) is 16.4. The van der Waals surface area contributed by atoms with E-state index in [1.54, 1.807) is 0 Å². The van der Waals surface area contributed by atoms with E-state index in [9.17, 15) is 9.59 Å². The van der Waals surface area contributed by atoms with Crippen LogP contribution in [0.15, 0.2) is 25.3 Å². The summed E-state index contributed by atoms with van der Waals surface area (Å²) in [6.07, 6.45) is 4.46. The van der Waals surface area contributed by atoms with Crippen molar-refractivity contribution in [2.45, 2.75) is 45.8 Å². The fourth-order valence-corrected chi connectivity index (χ4v) is 0.864. The summed E-state index contributed by atoms with van der Waals surface area (Å²) >= 11 is 0. The fourth-order valence-electron chi connectivity index (χ4n) is 0.864. The van der Waals surface area contributed by atoms with Crippen LogP contribution in [0.4, 0.5) is 0 Å². The Kier molecular flexibility index (Phi) is 15.0. The quantitative estimate of drug-likeness (QED) is 0.318. The first kappa shape index (κ1) is 19.7. The molecule has 0 amide bonds. The molecule has 0 aliphatic carbocycles. The molecule has 5 heteroatoms. The second kappa shape index (κ2) is 14.4. The smallest absolute Gasteiger partial charge is 0.332 e. The Hall–Kier alpha value is -1.62. The van der Waals surface area contributed by atoms with E-state index < -0.39 is 12.3 Å². The number of esters is 2. The summed E-state index contributed by atoms with van der Waals surface area (Å²) in [5.41, 5.74) is 0. The molecule has 1 N–H and O–H groups in total. The minimum atomic E-state index is -0.976. The highest BCUT2D eigenvalue weighted by atomic mass is 16.6. The van der Waals surface area contributed by atoms with Crippen molar-refractivity contribution in [3.8, 4) is 0 Å². The molecule has 0 spiro atoms. The van der Waals surface area contributed by atoms with E-state index in [1.807, 2.05) is 13.8 Å². The number of ether oxygens (including phenoxy) is 2. The van der Waals surface area contributed by atoms with Gasteiger partial charge in [0.15, 0.2) is 0 Å². The second-order valence-corrected chi connectivity index (χ2v) is 3.61. The largest absolute Gasteiger partial charge is 0.463 e. The molecule has 1 unspecified atom stereocenters. The minimum Gasteiger partial charge on any atom is -0.463 e. The molecule has 0 saturated carbocycles. The van der Waals surface area contributed by atoms with Gasteiger partial charge in [0.25, 0.3) is 0 Å². The van der Waals surface area contributed by atoms with Gasteiger partial charge in [-0.3, -0.25) is 0 Å². The predicted molar refractivity (Wildman–Crippen MR) is 73.3 cm³/mol. The van der Waals surface area contributed by atoms with Gasteiger partial charge in [-0.2, -0.15) is 0 Å². The first-order chi connectivity index (χ1) is 9.01. The molecule has 0 aliphatic heterocycles. The number of rotatable bonds is 8. The van der Waals surface area contributed by atoms with E-state index in [1.165, 1.54) is 6.08 Å². The van der Waals surface area contributed by atoms with Crippen LogP contribution in [-0.2, 0) is 19.1 Å². The number of hydrogen-bond donors (Lipinski definition) is 1. The second-order valence-electron chi connectivity index (χ2n) is 3.61. The molecule has 1 atom stereocenters. The van der Waals surface area contributed by atoms with Crippen molar-refractivity contribution in [3.63, 3.8) is 0 Å². The SMILES string of the molecule is C=CC(=O)OC(O)CCC.C=CC(=O)OCCCC. The van der Waals surface area contributed by atoms with Crippen LogP contribution in [0.25, 0.3) is 0 Å². The Morgan fingerprint density at radius 1 is 1.16 bits per heavy atom. The molecule has 110 valence electrons. The van der Waals surface area contributed by atoms with Crippen LogP contribution in [0.5, 0.6) is 0 Å². The maximum atomic E-state index is 10.4. The molecule has 0 bridgehead atoms. The third-order valence-corrected chi connectivity index (χ3v) is 1.86. The molecule has 0 radical (unpaired) electrons. The summed E-state index contributed by atoms with van der Waals surface area (Å²) in [4.78, 5) is 20.7. The molecule has 0 aromatic carbocycles. The number of unbranched alkanes of at least 4 members (excludes halogenated alkanes) is 1. The predicted octanol–water partition coefficient (Wildman–Crippen LogP) is 2.35. The highest BCUT2D eigenvalue weighted by Gasteiger charge is 2.05. The maximum Gasteiger partial charge on any atom is 0.332 e. The van der Waals surface area contributed by atoms with Crippen molar-refractivity contribution in [1.82, 2.24) is 0 Å². The molecular weight excluding hydrogens is 248 g/mol. The van der Waals surface area contributed by atoms with Crippen LogP contribution in [0, 0.1) is 0 Å². The number of aliphatic hydroxyl groups is 1. The molecular formula is C14H24O5. The number of hydrogen-bond acceptors (Lipinski definition) is 5. The molecule has 0 saturated heterocycles. The van der Waals surface area contributed by atoms with Gasteiger partial charge in [-0.1, -0.05) is 39.8 Å². The average Bonchev–Trinajstić information content (AvgIpc) is 2.39. The van der Waals surface area contributed by atoms with Gasteiger partial charge < -0.3 is 14.6 Å². The van der Waals surface area contributed by atoms with E-state index in [4.69, 9.17) is 5.11 Å². The van der Waals surface area contributed by atoms with Crippen LogP contribution in [0.2, 0.25) is 0 Å². The lowest BCUT2D eigenvalue weighted by Crippen LogP contribution is -2.15. The van der Waals surface area contributed by atoms with Crippen molar-refractivity contribution >= 4 is 11.9 Å². The van der Waals surface area contributed by atoms with E-state index in [0.717, 1.165) is 25.3 Å². The van der Waals surface area contributed by atoms with E-state index in [0.29, 0.717) is 13.0 Å². The van der Waals surface area contributed by atoms with Gasteiger partial charge in [0.05, 0.1) is 6.61 Å². The van der Waals surface area contributed by atoms with E-state index in [-0.39, 0.29) is 5.97 Å². The van der Waals surface area contributed by atoms with Crippen LogP contribution in [-0.4, -0.2) is 29.9 Å². The molecule has 0 fully saturated rings. The van der Waals surface area contributed by atoms with Crippen molar-refractivity contribution in [3.05, 3.63) is 25.3 Å². The summed E-state index contributed by atoms with van der Waals surface area (Å²) < 4.78 is 9.11. The summed E-state index contributed by atoms with van der Waals surface area (Å²) in [6.45, 7) is 10.9. The monoisotopic (exact) mass is 272 g/mol. The summed E-state index contributed by atoms with van der Waals surface area (Å²) in [7, 11) is 0. The standard InChI is InChI=1S/C7H12O3.C7H12O2/c1-3-5-7(9)10-6(8)4-2;1-3-5-6-9-7(8)4-2/h4,7,9H,2-3,5H2,1H3;4H,2-3,5-6H2,1H3. The summed E-state index contributed by atoms with van der Waals surface area (Å²) in [5.74, 6) is -0.913. The average molecular weight is 272 g/mol. The molecule has 19 heavy (non-hydrogen) atoms. The Bertz CT molecular complexity index is 273. The number of aliphatic hydroxyl groups excluding tert-OH is 1. The zero-order valence-electron chi connectivity index (χ0n) is 11.8. The normalized spacial score (nSPS) is 10.5. The van der Waals surface area contributed by atoms with Crippen LogP contribution in [0.1, 0.15) is 39.5 Å². The number of carbonyl (C=O) groups is 2. The number of carbonyl (C=O) groups excluding carboxylic acids is 2. The van der Waals surface area contributed by atoms with Crippen molar-refractivity contribution in [2.24, 2.45) is 0 Å². The van der Waals surface area contributed by atoms with E-state index in [2.05, 4.69) is 22.6 Å². The molecule has 0 heterocycles. The maximum absolute atomic E-state index is 10.4. The van der Waals surface area contributed by atoms with Gasteiger partial charge in [-0.25, -0.2) is 9.59 Å². The molecule has 0 aromatic rings. The van der Waals surface area contributed by atoms with Crippen LogP contribution >= 0.6 is 0 Å². The van der Waals surface area contributed by atoms with E-state index >= 15 is 0 Å². The third-order valence-electron chi connectivity index (χ3n) is 1.86. The Morgan fingerprint density at radius 3 is 2.16 bits per heavy atom. The zero-order chi connectivity index (χ0) is 15.1. The lowest BCUT2D eigenvalue weighted by atomic mass is 10.3. The van der Waals surface area contributed by atoms with Crippen molar-refractivity contribution in [1.29, 1.82) is 0 Å². The first-order valence-corrected chi connectivity index (χ1v) is 6.32. The van der Waals surface area contributed by atoms with Gasteiger partial charge in [-0.15, -0.1) is 0 Å². The fraction of sp³-hybridized carbons (Fsp3) is 0.571. The van der Waals surface area contributed by atoms with Gasteiger partial charge in [0.2, 0.25) is 6.29 Å². The van der Waals surface area contributed by atoms with Gasteiger partial charge in [0.1, 0.15) is 0 Å². The molecule has 5 nitrogen and oxygen atoms in total. The van der Waals surface area contributed by atoms with Gasteiger partial charge in [-0.05, 0) is 6.42 Å². The zero-order valence-corrected chi connectivity index (χ0v) is 11.8. The van der Waals surface area contributed by atoms with Crippen LogP contribution in [0.3, 0.4) is 0 Å². The topological polar surface area (TPSA) is 72.8 Å². The van der Waals surface area contributed by atoms with Gasteiger partial charge >= 0.3 is 11.9 Å². The molecule has 0 aliphatic rings. The van der Waals surface area contributed by atoms with Gasteiger partial charge in [0, 0.05) is 18.6 Å². The lowest BCUT2D eigenvalue weighted by molar-refractivity contribution is -0.162. The van der Waals surface area contributed by atoms with Crippen molar-refractivity contribution in [2.75, 3.05) is 6.61 Å². The highest BCUT2D eigenvalue weighted by Crippen LogP contribution is 1.97. The van der Waals surface area contributed by atoms with Crippen LogP contribution < -0.4 is 0 Å². The lowest BCUT2D eigenvalue weighted by Gasteiger charge is -2.07. The van der Waals surface area contributed by atoms with Crippen molar-refractivity contribution < 1.29 is 24.2 Å². The Morgan fingerprint density at radius 2 is 1.74 bits per heavy atom. The first-order valence-electron chi connectivity index (χ1n) is 6.32. The molecule has 0 rings (SSSR count). The minimum absolute atomic E-state index is 0.330. The Labute approximate surface area is 114 Å².